The van der Waals surface area contributed by atoms with Crippen LogP contribution in [0.15, 0.2) is 18.2 Å². The van der Waals surface area contributed by atoms with Crippen LogP contribution in [0.4, 0.5) is 11.4 Å². The van der Waals surface area contributed by atoms with Gasteiger partial charge in [-0.15, -0.1) is 12.4 Å². The van der Waals surface area contributed by atoms with Gasteiger partial charge >= 0.3 is 0 Å². The van der Waals surface area contributed by atoms with Crippen molar-refractivity contribution in [2.45, 2.75) is 12.8 Å². The van der Waals surface area contributed by atoms with Crippen LogP contribution in [0.25, 0.3) is 0 Å². The highest BCUT2D eigenvalue weighted by atomic mass is 35.5. The third kappa shape index (κ3) is 4.57. The van der Waals surface area contributed by atoms with Crippen LogP contribution in [0.5, 0.6) is 0 Å². The molecule has 8 heteroatoms. The van der Waals surface area contributed by atoms with Gasteiger partial charge in [0.25, 0.3) is 11.6 Å². The molecule has 1 atom stereocenters. The van der Waals surface area contributed by atoms with Crippen LogP contribution in [0, 0.1) is 16.0 Å². The molecule has 0 aromatic heterocycles. The van der Waals surface area contributed by atoms with Crippen molar-refractivity contribution in [3.63, 3.8) is 0 Å². The number of amides is 1. The van der Waals surface area contributed by atoms with E-state index in [2.05, 4.69) is 10.6 Å². The zero-order chi connectivity index (χ0) is 14.5. The molecule has 1 fully saturated rings. The molecule has 1 saturated heterocycles. The molecule has 1 aliphatic rings. The van der Waals surface area contributed by atoms with Gasteiger partial charge in [0.1, 0.15) is 0 Å². The minimum Gasteiger partial charge on any atom is -0.398 e. The Bertz CT molecular complexity index is 518. The Morgan fingerprint density at radius 2 is 2.29 bits per heavy atom. The topological polar surface area (TPSA) is 110 Å². The number of hydrogen-bond acceptors (Lipinski definition) is 5. The number of non-ortho nitro benzene ring substituents is 1. The van der Waals surface area contributed by atoms with Gasteiger partial charge < -0.3 is 16.4 Å². The molecule has 0 aliphatic carbocycles. The molecular formula is C13H19ClN4O3. The maximum atomic E-state index is 12.0. The van der Waals surface area contributed by atoms with Gasteiger partial charge in [0.2, 0.25) is 0 Å². The Hall–Kier alpha value is -1.86. The van der Waals surface area contributed by atoms with E-state index in [4.69, 9.17) is 5.73 Å². The lowest BCUT2D eigenvalue weighted by molar-refractivity contribution is -0.384. The summed E-state index contributed by atoms with van der Waals surface area (Å²) in [7, 11) is 0. The fraction of sp³-hybridized carbons (Fsp3) is 0.462. The first kappa shape index (κ1) is 17.2. The van der Waals surface area contributed by atoms with E-state index in [1.807, 2.05) is 0 Å². The van der Waals surface area contributed by atoms with Crippen LogP contribution in [-0.2, 0) is 0 Å². The maximum Gasteiger partial charge on any atom is 0.270 e. The minimum absolute atomic E-state index is 0. The smallest absolute Gasteiger partial charge is 0.270 e. The molecule has 116 valence electrons. The SMILES string of the molecule is Cl.Nc1ccc([N+](=O)[O-])cc1C(=O)NCC1CCCNC1. The van der Waals surface area contributed by atoms with Crippen molar-refractivity contribution in [3.05, 3.63) is 33.9 Å². The number of nitrogen functional groups attached to an aromatic ring is 1. The number of rotatable bonds is 4. The second-order valence-electron chi connectivity index (χ2n) is 4.95. The molecule has 1 unspecified atom stereocenters. The highest BCUT2D eigenvalue weighted by Gasteiger charge is 2.18. The summed E-state index contributed by atoms with van der Waals surface area (Å²) in [6.07, 6.45) is 2.16. The number of piperidine rings is 1. The number of carbonyl (C=O) groups excluding carboxylic acids is 1. The summed E-state index contributed by atoms with van der Waals surface area (Å²) in [6.45, 7) is 2.45. The molecular weight excluding hydrogens is 296 g/mol. The number of nitro groups is 1. The number of halogens is 1. The fourth-order valence-electron chi connectivity index (χ4n) is 2.28. The van der Waals surface area contributed by atoms with Crippen molar-refractivity contribution in [3.8, 4) is 0 Å². The van der Waals surface area contributed by atoms with Crippen molar-refractivity contribution in [2.24, 2.45) is 5.92 Å². The second kappa shape index (κ2) is 7.80. The Morgan fingerprint density at radius 3 is 2.90 bits per heavy atom. The van der Waals surface area contributed by atoms with E-state index < -0.39 is 4.92 Å². The lowest BCUT2D eigenvalue weighted by Gasteiger charge is -2.22. The van der Waals surface area contributed by atoms with Gasteiger partial charge in [0, 0.05) is 24.4 Å². The third-order valence-corrected chi connectivity index (χ3v) is 3.44. The van der Waals surface area contributed by atoms with E-state index in [1.165, 1.54) is 18.2 Å². The summed E-state index contributed by atoms with van der Waals surface area (Å²) in [5.74, 6) is 0.0318. The Morgan fingerprint density at radius 1 is 1.52 bits per heavy atom. The predicted octanol–water partition coefficient (Wildman–Crippen LogP) is 1.33. The average molecular weight is 315 g/mol. The van der Waals surface area contributed by atoms with Gasteiger partial charge in [0.05, 0.1) is 10.5 Å². The summed E-state index contributed by atoms with van der Waals surface area (Å²) in [5, 5.41) is 16.8. The minimum atomic E-state index is -0.540. The molecule has 21 heavy (non-hydrogen) atoms. The second-order valence-corrected chi connectivity index (χ2v) is 4.95. The molecule has 4 N–H and O–H groups in total. The molecule has 0 saturated carbocycles. The molecule has 1 aliphatic heterocycles. The predicted molar refractivity (Wildman–Crippen MR) is 82.7 cm³/mol. The summed E-state index contributed by atoms with van der Waals surface area (Å²) >= 11 is 0. The summed E-state index contributed by atoms with van der Waals surface area (Å²) < 4.78 is 0. The van der Waals surface area contributed by atoms with E-state index in [-0.39, 0.29) is 35.3 Å². The highest BCUT2D eigenvalue weighted by molar-refractivity contribution is 5.99. The number of nitrogens with one attached hydrogen (secondary N) is 2. The first-order valence-corrected chi connectivity index (χ1v) is 6.60. The number of nitrogens with two attached hydrogens (primary N) is 1. The normalized spacial score (nSPS) is 17.6. The van der Waals surface area contributed by atoms with E-state index in [0.29, 0.717) is 12.5 Å². The van der Waals surface area contributed by atoms with Gasteiger partial charge in [-0.25, -0.2) is 0 Å². The number of nitrogens with zero attached hydrogens (tertiary/aromatic N) is 1. The number of benzene rings is 1. The molecule has 0 spiro atoms. The van der Waals surface area contributed by atoms with Crippen LogP contribution in [0.1, 0.15) is 23.2 Å². The monoisotopic (exact) mass is 314 g/mol. The summed E-state index contributed by atoms with van der Waals surface area (Å²) in [6, 6.07) is 3.89. The lowest BCUT2D eigenvalue weighted by Crippen LogP contribution is -2.38. The average Bonchev–Trinajstić information content (AvgIpc) is 2.46. The molecule has 1 heterocycles. The van der Waals surface area contributed by atoms with Crippen molar-refractivity contribution in [1.29, 1.82) is 0 Å². The largest absolute Gasteiger partial charge is 0.398 e. The number of anilines is 1. The Labute approximate surface area is 128 Å². The van der Waals surface area contributed by atoms with Gasteiger partial charge in [-0.2, -0.15) is 0 Å². The van der Waals surface area contributed by atoms with Crippen molar-refractivity contribution in [1.82, 2.24) is 10.6 Å². The quantitative estimate of drug-likeness (QED) is 0.441. The Balaban J connectivity index is 0.00000220. The molecule has 7 nitrogen and oxygen atoms in total. The van der Waals surface area contributed by atoms with Gasteiger partial charge in [-0.05, 0) is 37.9 Å². The molecule has 0 bridgehead atoms. The van der Waals surface area contributed by atoms with Crippen LogP contribution in [0.2, 0.25) is 0 Å². The zero-order valence-electron chi connectivity index (χ0n) is 11.5. The lowest BCUT2D eigenvalue weighted by atomic mass is 9.99. The van der Waals surface area contributed by atoms with Gasteiger partial charge in [-0.3, -0.25) is 14.9 Å². The van der Waals surface area contributed by atoms with E-state index >= 15 is 0 Å². The first-order valence-electron chi connectivity index (χ1n) is 6.60. The maximum absolute atomic E-state index is 12.0. The van der Waals surface area contributed by atoms with Crippen LogP contribution in [-0.4, -0.2) is 30.5 Å². The fourth-order valence-corrected chi connectivity index (χ4v) is 2.28. The Kier molecular flexibility index (Phi) is 6.39. The molecule has 2 rings (SSSR count). The zero-order valence-corrected chi connectivity index (χ0v) is 12.3. The first-order chi connectivity index (χ1) is 9.58. The molecule has 1 amide bonds. The molecule has 0 radical (unpaired) electrons. The standard InChI is InChI=1S/C13H18N4O3.ClH/c14-12-4-3-10(17(19)20)6-11(12)13(18)16-8-9-2-1-5-15-7-9;/h3-4,6,9,15H,1-2,5,7-8,14H2,(H,16,18);1H. The molecule has 1 aromatic carbocycles. The van der Waals surface area contributed by atoms with Gasteiger partial charge in [0.15, 0.2) is 0 Å². The number of nitro benzene ring substituents is 1. The van der Waals surface area contributed by atoms with Crippen molar-refractivity contribution < 1.29 is 9.72 Å². The van der Waals surface area contributed by atoms with E-state index in [0.717, 1.165) is 25.9 Å². The van der Waals surface area contributed by atoms with Crippen molar-refractivity contribution >= 4 is 29.7 Å². The number of carbonyl (C=O) groups is 1. The van der Waals surface area contributed by atoms with Crippen LogP contribution < -0.4 is 16.4 Å². The third-order valence-electron chi connectivity index (χ3n) is 3.44. The van der Waals surface area contributed by atoms with Crippen LogP contribution in [0.3, 0.4) is 0 Å². The highest BCUT2D eigenvalue weighted by Crippen LogP contribution is 2.19. The summed E-state index contributed by atoms with van der Waals surface area (Å²) in [5.41, 5.74) is 5.97. The van der Waals surface area contributed by atoms with Crippen LogP contribution >= 0.6 is 12.4 Å². The van der Waals surface area contributed by atoms with E-state index in [9.17, 15) is 14.9 Å². The van der Waals surface area contributed by atoms with Crippen molar-refractivity contribution in [2.75, 3.05) is 25.4 Å². The van der Waals surface area contributed by atoms with E-state index in [1.54, 1.807) is 0 Å². The summed E-state index contributed by atoms with van der Waals surface area (Å²) in [4.78, 5) is 22.2. The van der Waals surface area contributed by atoms with Gasteiger partial charge in [-0.1, -0.05) is 0 Å². The number of hydrogen-bond donors (Lipinski definition) is 3. The molecule has 1 aromatic rings.